The molecule has 1 heterocycles. The summed E-state index contributed by atoms with van der Waals surface area (Å²) in [5.41, 5.74) is -8.33. The van der Waals surface area contributed by atoms with Gasteiger partial charge in [0.1, 0.15) is 30.0 Å². The van der Waals surface area contributed by atoms with Gasteiger partial charge < -0.3 is 53.4 Å². The molecule has 49 heavy (non-hydrogen) atoms. The summed E-state index contributed by atoms with van der Waals surface area (Å²) in [7, 11) is 7.75. The maximum Gasteiger partial charge on any atom is 0.338 e. The number of hydrogen-bond acceptors (Lipinski definition) is 14. The molecule has 7 bridgehead atoms. The summed E-state index contributed by atoms with van der Waals surface area (Å²) >= 11 is 0. The van der Waals surface area contributed by atoms with Crippen molar-refractivity contribution in [3.63, 3.8) is 0 Å². The fraction of sp³-hybridized carbons (Fsp3) is 0.743. The maximum atomic E-state index is 13.9. The van der Waals surface area contributed by atoms with E-state index in [9.17, 15) is 29.7 Å². The monoisotopic (exact) mass is 689 g/mol. The van der Waals surface area contributed by atoms with Crippen molar-refractivity contribution in [2.24, 2.45) is 28.6 Å². The number of benzene rings is 1. The Morgan fingerprint density at radius 3 is 2.16 bits per heavy atom. The molecule has 1 saturated heterocycles. The standard InChI is InChI=1S/C35H47NO13/c1-17(37)47-20-13-21(44-5)34-24-23(45-6)22(26(34)36(3)15-31(20,24)16-43-4)35(49-18(2)38)25-28(48-30(40)19-11-9-8-10-12-19)32(41,14-33(25,34)42)29(46-7)27(35)39/h8-12,20-29,39,41-42H,13-16H2,1-7H3. The second-order valence-electron chi connectivity index (χ2n) is 15.0. The quantitative estimate of drug-likeness (QED) is 0.232. The molecular formula is C35H47NO13. The predicted octanol–water partition coefficient (Wildman–Crippen LogP) is -0.0563. The average Bonchev–Trinajstić information content (AvgIpc) is 3.41. The van der Waals surface area contributed by atoms with E-state index in [1.807, 2.05) is 11.9 Å². The number of aliphatic hydroxyl groups is 3. The zero-order valence-electron chi connectivity index (χ0n) is 28.9. The van der Waals surface area contributed by atoms with Crippen molar-refractivity contribution in [3.05, 3.63) is 35.9 Å². The molecule has 0 aromatic heterocycles. The van der Waals surface area contributed by atoms with Gasteiger partial charge >= 0.3 is 17.9 Å². The topological polar surface area (TPSA) is 180 Å². The number of esters is 3. The van der Waals surface area contributed by atoms with Gasteiger partial charge in [0, 0.05) is 90.4 Å². The number of piperidine rings is 1. The number of likely N-dealkylation sites (tertiary alicyclic amines) is 1. The molecule has 14 heteroatoms. The molecule has 15 atom stereocenters. The highest BCUT2D eigenvalue weighted by molar-refractivity contribution is 5.89. The number of ether oxygens (including phenoxy) is 7. The summed E-state index contributed by atoms with van der Waals surface area (Å²) in [5.74, 6) is -4.98. The highest BCUT2D eigenvalue weighted by Gasteiger charge is 2.96. The van der Waals surface area contributed by atoms with Gasteiger partial charge in [-0.25, -0.2) is 4.79 Å². The van der Waals surface area contributed by atoms with E-state index < -0.39 is 112 Å². The third-order valence-electron chi connectivity index (χ3n) is 13.2. The molecule has 15 unspecified atom stereocenters. The lowest BCUT2D eigenvalue weighted by atomic mass is 9.40. The Morgan fingerprint density at radius 1 is 0.898 bits per heavy atom. The van der Waals surface area contributed by atoms with E-state index in [0.29, 0.717) is 6.54 Å². The lowest BCUT2D eigenvalue weighted by Crippen LogP contribution is -2.85. The summed E-state index contributed by atoms with van der Waals surface area (Å²) in [6, 6.07) is 7.55. The molecule has 7 rings (SSSR count). The number of hydrogen-bond donors (Lipinski definition) is 3. The molecule has 0 radical (unpaired) electrons. The molecule has 3 N–H and O–H groups in total. The summed E-state index contributed by atoms with van der Waals surface area (Å²) in [6.45, 7) is 2.97. The van der Waals surface area contributed by atoms with Crippen molar-refractivity contribution < 1.29 is 62.9 Å². The van der Waals surface area contributed by atoms with Crippen LogP contribution in [0.4, 0.5) is 0 Å². The van der Waals surface area contributed by atoms with E-state index in [1.54, 1.807) is 37.4 Å². The number of carbonyl (C=O) groups is 3. The Balaban J connectivity index is 1.55. The molecule has 1 aromatic carbocycles. The van der Waals surface area contributed by atoms with Crippen LogP contribution in [0.3, 0.4) is 0 Å². The smallest absolute Gasteiger partial charge is 0.338 e. The Labute approximate surface area is 284 Å². The van der Waals surface area contributed by atoms with Crippen LogP contribution in [0.15, 0.2) is 30.3 Å². The first-order valence-electron chi connectivity index (χ1n) is 16.7. The Kier molecular flexibility index (Phi) is 8.09. The predicted molar refractivity (Wildman–Crippen MR) is 167 cm³/mol. The first kappa shape index (κ1) is 34.7. The van der Waals surface area contributed by atoms with Crippen molar-refractivity contribution in [3.8, 4) is 0 Å². The first-order chi connectivity index (χ1) is 23.2. The van der Waals surface area contributed by atoms with Crippen LogP contribution in [-0.2, 0) is 42.7 Å². The first-order valence-corrected chi connectivity index (χ1v) is 16.7. The van der Waals surface area contributed by atoms with Gasteiger partial charge in [0.2, 0.25) is 0 Å². The van der Waals surface area contributed by atoms with E-state index in [1.165, 1.54) is 35.2 Å². The average molecular weight is 690 g/mol. The van der Waals surface area contributed by atoms with Crippen LogP contribution in [0.1, 0.15) is 37.0 Å². The van der Waals surface area contributed by atoms with Crippen molar-refractivity contribution in [2.45, 2.75) is 86.2 Å². The number of aliphatic hydroxyl groups excluding tert-OH is 1. The van der Waals surface area contributed by atoms with Crippen LogP contribution < -0.4 is 0 Å². The minimum Gasteiger partial charge on any atom is -0.462 e. The minimum absolute atomic E-state index is 0.0959. The third kappa shape index (κ3) is 3.97. The summed E-state index contributed by atoms with van der Waals surface area (Å²) in [6.07, 6.45) is -7.35. The maximum absolute atomic E-state index is 13.9. The normalized spacial score (nSPS) is 48.9. The number of fused-ring (bicyclic) bond motifs is 2. The summed E-state index contributed by atoms with van der Waals surface area (Å²) in [5, 5.41) is 39.2. The van der Waals surface area contributed by atoms with Crippen molar-refractivity contribution >= 4 is 17.9 Å². The molecule has 1 aliphatic heterocycles. The number of nitrogens with zero attached hydrogens (tertiary/aromatic N) is 1. The van der Waals surface area contributed by atoms with Crippen LogP contribution in [0.25, 0.3) is 0 Å². The zero-order valence-corrected chi connectivity index (χ0v) is 28.9. The number of carbonyl (C=O) groups excluding carboxylic acids is 3. The minimum atomic E-state index is -2.15. The molecular weight excluding hydrogens is 642 g/mol. The van der Waals surface area contributed by atoms with Crippen LogP contribution in [0.2, 0.25) is 0 Å². The molecule has 0 amide bonds. The van der Waals surface area contributed by atoms with Gasteiger partial charge in [0.05, 0.1) is 35.9 Å². The van der Waals surface area contributed by atoms with Crippen molar-refractivity contribution in [1.29, 1.82) is 0 Å². The zero-order chi connectivity index (χ0) is 35.5. The second kappa shape index (κ2) is 11.4. The highest BCUT2D eigenvalue weighted by Crippen LogP contribution is 2.82. The SMILES string of the molecule is COCC12CN(C)C3C4C(OC)C1C3(C(OC)CC2OC(C)=O)C1(O)CC2(O)C(OC)C(O)C4(OC(C)=O)C1C2OC(=O)c1ccccc1. The van der Waals surface area contributed by atoms with Crippen molar-refractivity contribution in [2.75, 3.05) is 48.6 Å². The van der Waals surface area contributed by atoms with Gasteiger partial charge in [-0.1, -0.05) is 18.2 Å². The number of rotatable bonds is 9. The van der Waals surface area contributed by atoms with Crippen LogP contribution in [0, 0.1) is 28.6 Å². The summed E-state index contributed by atoms with van der Waals surface area (Å²) < 4.78 is 43.2. The Bertz CT molecular complexity index is 1510. The van der Waals surface area contributed by atoms with E-state index in [0.717, 1.165) is 0 Å². The van der Waals surface area contributed by atoms with Gasteiger partial charge in [0.15, 0.2) is 5.60 Å². The highest BCUT2D eigenvalue weighted by atomic mass is 16.6. The van der Waals surface area contributed by atoms with E-state index in [-0.39, 0.29) is 18.6 Å². The molecule has 5 saturated carbocycles. The van der Waals surface area contributed by atoms with Gasteiger partial charge in [0.25, 0.3) is 0 Å². The lowest BCUT2D eigenvalue weighted by molar-refractivity contribution is -0.353. The fourth-order valence-corrected chi connectivity index (χ4v) is 12.6. The van der Waals surface area contributed by atoms with Gasteiger partial charge in [-0.15, -0.1) is 0 Å². The van der Waals surface area contributed by atoms with Gasteiger partial charge in [-0.3, -0.25) is 9.59 Å². The largest absolute Gasteiger partial charge is 0.462 e. The molecule has 6 aliphatic rings. The van der Waals surface area contributed by atoms with Gasteiger partial charge in [-0.2, -0.15) is 0 Å². The second-order valence-corrected chi connectivity index (χ2v) is 15.0. The van der Waals surface area contributed by atoms with Crippen LogP contribution in [0.5, 0.6) is 0 Å². The lowest BCUT2D eigenvalue weighted by Gasteiger charge is -2.72. The fourth-order valence-electron chi connectivity index (χ4n) is 12.6. The molecule has 1 spiro atoms. The van der Waals surface area contributed by atoms with E-state index in [2.05, 4.69) is 0 Å². The molecule has 6 fully saturated rings. The third-order valence-corrected chi connectivity index (χ3v) is 13.2. The molecule has 270 valence electrons. The summed E-state index contributed by atoms with van der Waals surface area (Å²) in [4.78, 5) is 41.8. The van der Waals surface area contributed by atoms with Crippen LogP contribution in [-0.4, -0.2) is 146 Å². The van der Waals surface area contributed by atoms with Gasteiger partial charge in [-0.05, 0) is 19.2 Å². The Morgan fingerprint density at radius 2 is 1.59 bits per heavy atom. The Hall–Kier alpha value is -2.69. The van der Waals surface area contributed by atoms with E-state index >= 15 is 0 Å². The molecule has 1 aromatic rings. The molecule has 14 nitrogen and oxygen atoms in total. The van der Waals surface area contributed by atoms with Crippen LogP contribution >= 0.6 is 0 Å². The van der Waals surface area contributed by atoms with Crippen molar-refractivity contribution in [1.82, 2.24) is 4.90 Å². The number of methoxy groups -OCH3 is 4. The van der Waals surface area contributed by atoms with E-state index in [4.69, 9.17) is 33.2 Å². The molecule has 5 aliphatic carbocycles.